The van der Waals surface area contributed by atoms with Crippen molar-refractivity contribution in [2.24, 2.45) is 0 Å². The number of unbranched alkanes of at least 4 members (excludes halogenated alkanes) is 2. The molecule has 0 aliphatic carbocycles. The van der Waals surface area contributed by atoms with Crippen LogP contribution in [0.25, 0.3) is 0 Å². The summed E-state index contributed by atoms with van der Waals surface area (Å²) < 4.78 is 38.6. The number of thioether (sulfide) groups is 6. The van der Waals surface area contributed by atoms with Crippen LogP contribution in [0.4, 0.5) is 17.1 Å². The summed E-state index contributed by atoms with van der Waals surface area (Å²) in [5.41, 5.74) is -0.719. The van der Waals surface area contributed by atoms with Crippen LogP contribution >= 0.6 is 70.6 Å². The van der Waals surface area contributed by atoms with Crippen LogP contribution in [0.3, 0.4) is 0 Å². The maximum atomic E-state index is 14.9. The molecular formula is C62H84N12O15S6. The number of aromatic nitrogens is 6. The Morgan fingerprint density at radius 1 is 0.516 bits per heavy atom. The van der Waals surface area contributed by atoms with Crippen LogP contribution in [-0.4, -0.2) is 191 Å². The molecule has 3 aliphatic rings. The Bertz CT molecular complexity index is 3440. The van der Waals surface area contributed by atoms with Gasteiger partial charge < -0.3 is 43.1 Å². The highest BCUT2D eigenvalue weighted by molar-refractivity contribution is 8.17. The third-order valence-electron chi connectivity index (χ3n) is 16.3. The van der Waals surface area contributed by atoms with Gasteiger partial charge in [-0.25, -0.2) is 4.68 Å². The van der Waals surface area contributed by atoms with Gasteiger partial charge in [0, 0.05) is 44.4 Å². The number of nitro benzene ring substituents is 3. The molecule has 0 saturated carbocycles. The van der Waals surface area contributed by atoms with Gasteiger partial charge in [-0.3, -0.25) is 49.4 Å². The van der Waals surface area contributed by atoms with Crippen LogP contribution in [0, 0.1) is 30.3 Å². The van der Waals surface area contributed by atoms with Crippen molar-refractivity contribution in [2.45, 2.75) is 151 Å². The highest BCUT2D eigenvalue weighted by atomic mass is 32.2. The lowest BCUT2D eigenvalue weighted by molar-refractivity contribution is -0.385. The second-order valence-corrected chi connectivity index (χ2v) is 31.6. The predicted octanol–water partition coefficient (Wildman–Crippen LogP) is 12.2. The Labute approximate surface area is 578 Å². The first-order valence-electron chi connectivity index (χ1n) is 31.9. The first kappa shape index (κ1) is 74.2. The standard InChI is InChI=1S/C62H84N12O15S6/c1-10-90-60(91-11-2)45-21-19-24-68(45)57(75)42-28-52(85-8)55(32-48(42)73(80)81)88-37-39-34-67(65-63-39)23-17-16-18-26-87-54-31-47(72(78)79)44(30-51(54)84-7)59(77)70-36-41(27-50(70)62(94-14-5)95-15-6)71-35-40(64-66-71)38-89-56-33-49(74(82)83)43(29-53(56)86-9)58(76)69-25-20-22-46(69)61(92-12-3)93-13-4/h28-35,41,45-46,50,60-62H,10-27,36-38H2,1-9H3/t41-,45-,46-,50-/m0/s1. The van der Waals surface area contributed by atoms with Crippen molar-refractivity contribution in [3.8, 4) is 34.5 Å². The van der Waals surface area contributed by atoms with Crippen LogP contribution in [0.15, 0.2) is 48.8 Å². The summed E-state index contributed by atoms with van der Waals surface area (Å²) in [6, 6.07) is 6.85. The SMILES string of the molecule is CCSC(SCC)[C@@H]1CCCN1C(=O)c1cc(OC)c(OCc2cn(CCCCCOc3cc([N+](=O)[O-])c(C(=O)N4C[C@@H](n5cc(COc6cc([N+](=O)[O-])c(C(=O)N7CCC[C@H]7C(SCC)SCC)cc6OC)nn5)C[C@H]4C(SCC)SCC)cc3OC)nn2)cc1[N+](=O)[O-]. The van der Waals surface area contributed by atoms with Crippen molar-refractivity contribution in [1.82, 2.24) is 44.7 Å². The molecule has 5 heterocycles. The number of benzene rings is 3. The molecule has 8 rings (SSSR count). The number of nitrogens with zero attached hydrogens (tertiary/aromatic N) is 12. The molecule has 3 saturated heterocycles. The summed E-state index contributed by atoms with van der Waals surface area (Å²) in [5, 5.41) is 55.1. The monoisotopic (exact) mass is 1430 g/mol. The van der Waals surface area contributed by atoms with E-state index in [-0.39, 0.29) is 115 Å². The molecule has 33 heteroatoms. The van der Waals surface area contributed by atoms with Gasteiger partial charge in [-0.2, -0.15) is 0 Å². The summed E-state index contributed by atoms with van der Waals surface area (Å²) in [6.45, 7) is 13.9. The molecule has 0 bridgehead atoms. The maximum Gasteiger partial charge on any atom is 0.286 e. The van der Waals surface area contributed by atoms with Crippen molar-refractivity contribution in [3.05, 3.63) is 107 Å². The predicted molar refractivity (Wildman–Crippen MR) is 374 cm³/mol. The molecule has 3 amide bonds. The molecule has 27 nitrogen and oxygen atoms in total. The molecule has 0 spiro atoms. The summed E-state index contributed by atoms with van der Waals surface area (Å²) in [7, 11) is 4.21. The van der Waals surface area contributed by atoms with Crippen LogP contribution in [0.1, 0.15) is 141 Å². The Balaban J connectivity index is 0.879. The minimum Gasteiger partial charge on any atom is -0.493 e. The van der Waals surface area contributed by atoms with Crippen molar-refractivity contribution in [3.63, 3.8) is 0 Å². The molecule has 2 aromatic heterocycles. The van der Waals surface area contributed by atoms with Gasteiger partial charge in [0.25, 0.3) is 34.8 Å². The van der Waals surface area contributed by atoms with E-state index in [9.17, 15) is 44.7 Å². The van der Waals surface area contributed by atoms with E-state index in [0.717, 1.165) is 60.2 Å². The number of hydrogen-bond donors (Lipinski definition) is 0. The van der Waals surface area contributed by atoms with Gasteiger partial charge in [-0.05, 0) is 85.9 Å². The van der Waals surface area contributed by atoms with E-state index >= 15 is 0 Å². The zero-order chi connectivity index (χ0) is 68.3. The van der Waals surface area contributed by atoms with Crippen molar-refractivity contribution in [1.29, 1.82) is 0 Å². The van der Waals surface area contributed by atoms with Gasteiger partial charge in [0.15, 0.2) is 34.5 Å². The number of nitro groups is 3. The normalized spacial score (nSPS) is 17.1. The molecule has 95 heavy (non-hydrogen) atoms. The number of rotatable bonds is 38. The molecule has 3 aliphatic heterocycles. The molecule has 0 radical (unpaired) electrons. The third-order valence-corrected chi connectivity index (χ3v) is 24.6. The second kappa shape index (κ2) is 36.2. The minimum absolute atomic E-state index is 0.0377. The molecule has 0 N–H and O–H groups in total. The average Bonchev–Trinajstić information content (AvgIpc) is 1.77. The molecule has 518 valence electrons. The number of carbonyl (C=O) groups is 3. The van der Waals surface area contributed by atoms with Crippen LogP contribution < -0.4 is 28.4 Å². The first-order valence-corrected chi connectivity index (χ1v) is 38.1. The maximum absolute atomic E-state index is 14.9. The van der Waals surface area contributed by atoms with Crippen LogP contribution in [0.2, 0.25) is 0 Å². The number of aryl methyl sites for hydroxylation is 1. The van der Waals surface area contributed by atoms with Gasteiger partial charge in [-0.1, -0.05) is 52.0 Å². The van der Waals surface area contributed by atoms with E-state index in [4.69, 9.17) is 28.4 Å². The molecule has 5 aromatic rings. The van der Waals surface area contributed by atoms with Crippen molar-refractivity contribution in [2.75, 3.05) is 82.1 Å². The number of hydrogen-bond acceptors (Lipinski definition) is 25. The van der Waals surface area contributed by atoms with E-state index < -0.39 is 49.9 Å². The lowest BCUT2D eigenvalue weighted by Gasteiger charge is -2.31. The fraction of sp³-hybridized carbons (Fsp3) is 0.597. The van der Waals surface area contributed by atoms with E-state index in [0.29, 0.717) is 56.7 Å². The summed E-state index contributed by atoms with van der Waals surface area (Å²) in [4.78, 5) is 84.4. The highest BCUT2D eigenvalue weighted by Gasteiger charge is 2.45. The summed E-state index contributed by atoms with van der Waals surface area (Å²) in [6.07, 6.45) is 8.95. The van der Waals surface area contributed by atoms with Gasteiger partial charge in [0.2, 0.25) is 0 Å². The zero-order valence-electron chi connectivity index (χ0n) is 54.9. The Kier molecular flexibility index (Phi) is 28.3. The first-order chi connectivity index (χ1) is 45.9. The van der Waals surface area contributed by atoms with Crippen LogP contribution in [0.5, 0.6) is 34.5 Å². The van der Waals surface area contributed by atoms with Gasteiger partial charge in [0.05, 0.1) is 111 Å². The number of amides is 3. The largest absolute Gasteiger partial charge is 0.493 e. The van der Waals surface area contributed by atoms with Gasteiger partial charge >= 0.3 is 0 Å². The van der Waals surface area contributed by atoms with Gasteiger partial charge in [0.1, 0.15) is 41.3 Å². The van der Waals surface area contributed by atoms with E-state index in [1.165, 1.54) is 57.7 Å². The van der Waals surface area contributed by atoms with E-state index in [1.807, 2.05) is 13.8 Å². The van der Waals surface area contributed by atoms with E-state index in [2.05, 4.69) is 48.3 Å². The minimum atomic E-state index is -0.603. The van der Waals surface area contributed by atoms with Crippen molar-refractivity contribution < 1.29 is 57.6 Å². The summed E-state index contributed by atoms with van der Waals surface area (Å²) in [5.74, 6) is 4.30. The fourth-order valence-electron chi connectivity index (χ4n) is 12.0. The van der Waals surface area contributed by atoms with Gasteiger partial charge in [-0.15, -0.1) is 80.8 Å². The molecule has 0 unspecified atom stereocenters. The quantitative estimate of drug-likeness (QED) is 0.0153. The lowest BCUT2D eigenvalue weighted by Crippen LogP contribution is -2.41. The molecular weight excluding hydrogens is 1350 g/mol. The average molecular weight is 1430 g/mol. The Morgan fingerprint density at radius 2 is 0.916 bits per heavy atom. The Hall–Kier alpha value is -6.55. The smallest absolute Gasteiger partial charge is 0.286 e. The lowest BCUT2D eigenvalue weighted by atomic mass is 10.1. The number of likely N-dealkylation sites (tertiary alicyclic amines) is 3. The second-order valence-electron chi connectivity index (χ2n) is 22.1. The van der Waals surface area contributed by atoms with E-state index in [1.54, 1.807) is 107 Å². The number of carbonyl (C=O) groups excluding carboxylic acids is 3. The molecule has 3 fully saturated rings. The topological polar surface area (TPSA) is 307 Å². The van der Waals surface area contributed by atoms with Crippen molar-refractivity contribution >= 4 is 105 Å². The van der Waals surface area contributed by atoms with Crippen LogP contribution in [-0.2, 0) is 19.8 Å². The zero-order valence-corrected chi connectivity index (χ0v) is 59.8. The molecule has 4 atom stereocenters. The summed E-state index contributed by atoms with van der Waals surface area (Å²) >= 11 is 10.5. The number of ether oxygens (including phenoxy) is 6. The molecule has 3 aromatic carbocycles. The fourth-order valence-corrected chi connectivity index (χ4v) is 20.5. The Morgan fingerprint density at radius 3 is 1.34 bits per heavy atom. The number of methoxy groups -OCH3 is 3. The highest BCUT2D eigenvalue weighted by Crippen LogP contribution is 2.45. The third kappa shape index (κ3) is 18.4.